The molecular weight excluding hydrogens is 215 g/mol. The molecule has 0 saturated carbocycles. The molecule has 0 amide bonds. The monoisotopic (exact) mass is 224 g/mol. The topological polar surface area (TPSA) is 0 Å². The third-order valence-electron chi connectivity index (χ3n) is 1.55. The second-order valence-corrected chi connectivity index (χ2v) is 2.74. The summed E-state index contributed by atoms with van der Waals surface area (Å²) in [4.78, 5) is 0. The predicted molar refractivity (Wildman–Crippen MR) is 48.4 cm³/mol. The maximum absolute atomic E-state index is 11.7. The molecule has 0 fully saturated rings. The van der Waals surface area contributed by atoms with Crippen LogP contribution in [0, 0.1) is 0 Å². The Morgan fingerprint density at radius 3 is 2.14 bits per heavy atom. The molecule has 0 saturated heterocycles. The number of rotatable bonds is 3. The van der Waals surface area contributed by atoms with Crippen molar-refractivity contribution in [1.82, 2.24) is 0 Å². The minimum absolute atomic E-state index is 0. The van der Waals surface area contributed by atoms with Crippen LogP contribution in [-0.2, 0) is 6.42 Å². The largest absolute Gasteiger partial charge is 1.00 e. The molecule has 0 bridgehead atoms. The molecule has 0 aromatic heterocycles. The van der Waals surface area contributed by atoms with Gasteiger partial charge in [-0.25, -0.2) is 0 Å². The summed E-state index contributed by atoms with van der Waals surface area (Å²) in [5, 5.41) is 0. The summed E-state index contributed by atoms with van der Waals surface area (Å²) in [6.45, 7) is -4.78. The third-order valence-corrected chi connectivity index (χ3v) is 1.55. The zero-order chi connectivity index (χ0) is 9.73. The first kappa shape index (κ1) is 14.5. The first-order valence-corrected chi connectivity index (χ1v) is 3.99. The van der Waals surface area contributed by atoms with Crippen LogP contribution >= 0.6 is 0 Å². The van der Waals surface area contributed by atoms with E-state index in [0.717, 1.165) is 11.6 Å². The minimum Gasteiger partial charge on any atom is -0.445 e. The first-order chi connectivity index (χ1) is 6.08. The molecule has 14 heavy (non-hydrogen) atoms. The summed E-state index contributed by atoms with van der Waals surface area (Å²) < 4.78 is 35.2. The van der Waals surface area contributed by atoms with Gasteiger partial charge in [-0.3, -0.25) is 0 Å². The molecule has 0 heterocycles. The van der Waals surface area contributed by atoms with Crippen LogP contribution in [0.4, 0.5) is 12.9 Å². The minimum atomic E-state index is -4.78. The molecule has 0 aliphatic rings. The van der Waals surface area contributed by atoms with Crippen LogP contribution < -0.4 is 51.4 Å². The summed E-state index contributed by atoms with van der Waals surface area (Å²) in [7, 11) is 0. The molecule has 0 radical (unpaired) electrons. The number of hydrogen-bond donors (Lipinski definition) is 0. The van der Waals surface area contributed by atoms with Crippen molar-refractivity contribution >= 4 is 6.98 Å². The van der Waals surface area contributed by atoms with E-state index in [1.807, 2.05) is 18.2 Å². The summed E-state index contributed by atoms with van der Waals surface area (Å²) in [6.07, 6.45) is 1.48. The van der Waals surface area contributed by atoms with E-state index in [0.29, 0.717) is 12.4 Å². The van der Waals surface area contributed by atoms with Crippen molar-refractivity contribution in [3.63, 3.8) is 0 Å². The molecular formula is C9H9BF3K. The summed E-state index contributed by atoms with van der Waals surface area (Å²) in [5.41, 5.74) is 0.888. The van der Waals surface area contributed by atoms with Crippen molar-refractivity contribution in [2.24, 2.45) is 0 Å². The molecule has 1 aromatic carbocycles. The van der Waals surface area contributed by atoms with Gasteiger partial charge in [0.05, 0.1) is 0 Å². The zero-order valence-electron chi connectivity index (χ0n) is 7.96. The molecule has 0 aliphatic carbocycles. The van der Waals surface area contributed by atoms with E-state index in [1.54, 1.807) is 12.1 Å². The van der Waals surface area contributed by atoms with E-state index in [2.05, 4.69) is 0 Å². The summed E-state index contributed by atoms with van der Waals surface area (Å²) in [6, 6.07) is 9.05. The quantitative estimate of drug-likeness (QED) is 0.642. The summed E-state index contributed by atoms with van der Waals surface area (Å²) in [5.74, 6) is 0.326. The van der Waals surface area contributed by atoms with Crippen molar-refractivity contribution in [1.29, 1.82) is 0 Å². The SMILES string of the molecule is F[B-](F)(F)/C=C/Cc1ccccc1.[K+]. The third kappa shape index (κ3) is 6.84. The maximum atomic E-state index is 11.7. The average molecular weight is 224 g/mol. The summed E-state index contributed by atoms with van der Waals surface area (Å²) >= 11 is 0. The average Bonchev–Trinajstić information content (AvgIpc) is 2.04. The fourth-order valence-corrected chi connectivity index (χ4v) is 0.973. The van der Waals surface area contributed by atoms with Gasteiger partial charge in [-0.1, -0.05) is 30.3 Å². The molecule has 0 spiro atoms. The Morgan fingerprint density at radius 2 is 1.64 bits per heavy atom. The van der Waals surface area contributed by atoms with Gasteiger partial charge in [0.15, 0.2) is 0 Å². The van der Waals surface area contributed by atoms with Gasteiger partial charge in [0, 0.05) is 0 Å². The fraction of sp³-hybridized carbons (Fsp3) is 0.111. The van der Waals surface area contributed by atoms with Gasteiger partial charge in [-0.2, -0.15) is 0 Å². The Hall–Kier alpha value is 0.451. The Morgan fingerprint density at radius 1 is 1.07 bits per heavy atom. The van der Waals surface area contributed by atoms with Gasteiger partial charge >= 0.3 is 58.4 Å². The Kier molecular flexibility index (Phi) is 7.07. The Labute approximate surface area is 124 Å². The normalized spacial score (nSPS) is 11.4. The second kappa shape index (κ2) is 6.85. The van der Waals surface area contributed by atoms with Crippen molar-refractivity contribution in [2.75, 3.05) is 0 Å². The van der Waals surface area contributed by atoms with Crippen molar-refractivity contribution in [2.45, 2.75) is 6.42 Å². The van der Waals surface area contributed by atoms with Crippen LogP contribution in [-0.4, -0.2) is 6.98 Å². The van der Waals surface area contributed by atoms with E-state index in [1.165, 1.54) is 0 Å². The van der Waals surface area contributed by atoms with Crippen LogP contribution in [0.25, 0.3) is 0 Å². The second-order valence-electron chi connectivity index (χ2n) is 2.74. The molecule has 70 valence electrons. The molecule has 0 unspecified atom stereocenters. The van der Waals surface area contributed by atoms with Crippen molar-refractivity contribution < 1.29 is 64.3 Å². The van der Waals surface area contributed by atoms with Gasteiger partial charge in [0.25, 0.3) is 0 Å². The van der Waals surface area contributed by atoms with E-state index in [9.17, 15) is 12.9 Å². The number of benzene rings is 1. The molecule has 1 rings (SSSR count). The van der Waals surface area contributed by atoms with Crippen molar-refractivity contribution in [3.05, 3.63) is 47.9 Å². The number of allylic oxidation sites excluding steroid dienone is 1. The van der Waals surface area contributed by atoms with Gasteiger partial charge in [0.2, 0.25) is 0 Å². The standard InChI is InChI=1S/C9H9BF3.K/c11-10(12,13)8-4-7-9-5-2-1-3-6-9;/h1-6,8H,7H2;/q-1;+1/b8-4+;. The van der Waals surface area contributed by atoms with Crippen LogP contribution in [0.15, 0.2) is 42.4 Å². The number of hydrogen-bond acceptors (Lipinski definition) is 0. The van der Waals surface area contributed by atoms with Crippen LogP contribution in [0.3, 0.4) is 0 Å². The molecule has 1 aromatic rings. The van der Waals surface area contributed by atoms with Gasteiger partial charge in [0.1, 0.15) is 0 Å². The predicted octanol–water partition coefficient (Wildman–Crippen LogP) is 0.176. The molecule has 0 aliphatic heterocycles. The van der Waals surface area contributed by atoms with Gasteiger partial charge in [-0.05, 0) is 12.0 Å². The van der Waals surface area contributed by atoms with E-state index < -0.39 is 6.98 Å². The maximum Gasteiger partial charge on any atom is 1.00 e. The van der Waals surface area contributed by atoms with E-state index >= 15 is 0 Å². The van der Waals surface area contributed by atoms with Crippen LogP contribution in [0.2, 0.25) is 0 Å². The smallest absolute Gasteiger partial charge is 0.445 e. The molecule has 0 N–H and O–H groups in total. The van der Waals surface area contributed by atoms with Crippen LogP contribution in [0.5, 0.6) is 0 Å². The van der Waals surface area contributed by atoms with Gasteiger partial charge < -0.3 is 12.9 Å². The molecule has 0 nitrogen and oxygen atoms in total. The fourth-order valence-electron chi connectivity index (χ4n) is 0.973. The van der Waals surface area contributed by atoms with Crippen molar-refractivity contribution in [3.8, 4) is 0 Å². The Bertz CT molecular complexity index is 282. The molecule has 0 atom stereocenters. The number of halogens is 3. The Balaban J connectivity index is 0.00000169. The van der Waals surface area contributed by atoms with Gasteiger partial charge in [-0.15, -0.1) is 12.1 Å². The van der Waals surface area contributed by atoms with E-state index in [-0.39, 0.29) is 51.4 Å². The van der Waals surface area contributed by atoms with Crippen LogP contribution in [0.1, 0.15) is 5.56 Å². The first-order valence-electron chi connectivity index (χ1n) is 3.99. The van der Waals surface area contributed by atoms with E-state index in [4.69, 9.17) is 0 Å². The zero-order valence-corrected chi connectivity index (χ0v) is 11.1. The molecule has 5 heteroatoms.